The van der Waals surface area contributed by atoms with E-state index in [0.717, 1.165) is 25.1 Å². The van der Waals surface area contributed by atoms with Crippen LogP contribution in [0.3, 0.4) is 0 Å². The second-order valence-electron chi connectivity index (χ2n) is 6.69. The fourth-order valence-electron chi connectivity index (χ4n) is 3.40. The Balaban J connectivity index is 0.00000144. The maximum Gasteiger partial charge on any atom is 0.222 e. The highest BCUT2D eigenvalue weighted by Gasteiger charge is 2.36. The van der Waals surface area contributed by atoms with Gasteiger partial charge >= 0.3 is 0 Å². The Kier molecular flexibility index (Phi) is 7.99. The van der Waals surface area contributed by atoms with Crippen LogP contribution in [0.1, 0.15) is 31.7 Å². The van der Waals surface area contributed by atoms with Crippen molar-refractivity contribution in [1.29, 1.82) is 0 Å². The third-order valence-electron chi connectivity index (χ3n) is 4.87. The molecule has 2 fully saturated rings. The van der Waals surface area contributed by atoms with Crippen molar-refractivity contribution in [3.05, 3.63) is 18.0 Å². The average molecular weight is 379 g/mol. The first-order chi connectivity index (χ1) is 10.6. The number of aryl methyl sites for hydroxylation is 1. The fourth-order valence-corrected chi connectivity index (χ4v) is 3.40. The van der Waals surface area contributed by atoms with Crippen LogP contribution in [0.5, 0.6) is 0 Å². The number of ether oxygens (including phenoxy) is 1. The Morgan fingerprint density at radius 1 is 1.50 bits per heavy atom. The predicted octanol–water partition coefficient (Wildman–Crippen LogP) is 1.73. The van der Waals surface area contributed by atoms with E-state index in [2.05, 4.69) is 10.4 Å². The molecule has 0 saturated carbocycles. The van der Waals surface area contributed by atoms with Gasteiger partial charge in [0.25, 0.3) is 0 Å². The highest BCUT2D eigenvalue weighted by atomic mass is 35.5. The normalized spacial score (nSPS) is 26.6. The second-order valence-corrected chi connectivity index (χ2v) is 6.69. The molecular formula is C16H28Cl2N4O2. The minimum absolute atomic E-state index is 0. The number of rotatable bonds is 4. The summed E-state index contributed by atoms with van der Waals surface area (Å²) < 4.78 is 7.74. The van der Waals surface area contributed by atoms with Crippen LogP contribution >= 0.6 is 24.8 Å². The van der Waals surface area contributed by atoms with E-state index in [0.29, 0.717) is 32.0 Å². The van der Waals surface area contributed by atoms with Crippen LogP contribution in [0.4, 0.5) is 0 Å². The molecule has 2 aliphatic rings. The first-order valence-electron chi connectivity index (χ1n) is 8.18. The van der Waals surface area contributed by atoms with Gasteiger partial charge in [0.1, 0.15) is 5.60 Å². The number of carbonyl (C=O) groups excluding carboxylic acids is 1. The highest BCUT2D eigenvalue weighted by molar-refractivity contribution is 5.85. The van der Waals surface area contributed by atoms with E-state index in [1.807, 2.05) is 31.3 Å². The molecular weight excluding hydrogens is 351 g/mol. The van der Waals surface area contributed by atoms with Crippen LogP contribution in [0.2, 0.25) is 0 Å². The largest absolute Gasteiger partial charge is 0.367 e. The summed E-state index contributed by atoms with van der Waals surface area (Å²) in [5.41, 5.74) is 0.587. The SMILES string of the molecule is Cl.Cl.Cn1cc(C2(C)CN(C(=O)CCC3CCNC3)CCO2)cn1. The summed E-state index contributed by atoms with van der Waals surface area (Å²) in [6, 6.07) is 0. The Morgan fingerprint density at radius 3 is 2.92 bits per heavy atom. The molecule has 1 N–H and O–H groups in total. The van der Waals surface area contributed by atoms with Gasteiger partial charge < -0.3 is 15.0 Å². The molecule has 0 aliphatic carbocycles. The molecule has 6 nitrogen and oxygen atoms in total. The van der Waals surface area contributed by atoms with E-state index in [-0.39, 0.29) is 30.7 Å². The van der Waals surface area contributed by atoms with Crippen molar-refractivity contribution in [2.75, 3.05) is 32.8 Å². The Labute approximate surface area is 156 Å². The van der Waals surface area contributed by atoms with Crippen LogP contribution < -0.4 is 5.32 Å². The molecule has 2 unspecified atom stereocenters. The van der Waals surface area contributed by atoms with Gasteiger partial charge in [-0.15, -0.1) is 24.8 Å². The molecule has 8 heteroatoms. The molecule has 0 bridgehead atoms. The smallest absolute Gasteiger partial charge is 0.222 e. The van der Waals surface area contributed by atoms with Crippen molar-refractivity contribution < 1.29 is 9.53 Å². The van der Waals surface area contributed by atoms with Crippen LogP contribution in [0.25, 0.3) is 0 Å². The molecule has 1 aromatic heterocycles. The van der Waals surface area contributed by atoms with Crippen LogP contribution in [-0.4, -0.2) is 53.4 Å². The van der Waals surface area contributed by atoms with Crippen molar-refractivity contribution in [3.8, 4) is 0 Å². The second kappa shape index (κ2) is 9.04. The van der Waals surface area contributed by atoms with Crippen molar-refractivity contribution >= 4 is 30.7 Å². The molecule has 1 amide bonds. The third-order valence-corrected chi connectivity index (χ3v) is 4.87. The zero-order chi connectivity index (χ0) is 15.6. The fraction of sp³-hybridized carbons (Fsp3) is 0.750. The van der Waals surface area contributed by atoms with Crippen molar-refractivity contribution in [1.82, 2.24) is 20.0 Å². The first kappa shape index (κ1) is 21.2. The minimum Gasteiger partial charge on any atom is -0.367 e. The Morgan fingerprint density at radius 2 is 2.29 bits per heavy atom. The molecule has 1 aromatic rings. The molecule has 2 saturated heterocycles. The lowest BCUT2D eigenvalue weighted by Gasteiger charge is -2.40. The summed E-state index contributed by atoms with van der Waals surface area (Å²) in [7, 11) is 1.90. The lowest BCUT2D eigenvalue weighted by molar-refractivity contribution is -0.149. The minimum atomic E-state index is -0.447. The zero-order valence-corrected chi connectivity index (χ0v) is 16.0. The molecule has 24 heavy (non-hydrogen) atoms. The topological polar surface area (TPSA) is 59.4 Å². The average Bonchev–Trinajstić information content (AvgIpc) is 3.16. The summed E-state index contributed by atoms with van der Waals surface area (Å²) in [5.74, 6) is 0.917. The third kappa shape index (κ3) is 4.85. The standard InChI is InChI=1S/C16H26N4O2.2ClH/c1-16(14-10-18-19(2)11-14)12-20(7-8-22-16)15(21)4-3-13-5-6-17-9-13;;/h10-11,13,17H,3-9,12H2,1-2H3;2*1H. The number of nitrogens with zero attached hydrogens (tertiary/aromatic N) is 3. The van der Waals surface area contributed by atoms with E-state index < -0.39 is 5.60 Å². The molecule has 3 rings (SSSR count). The summed E-state index contributed by atoms with van der Waals surface area (Å²) in [6.45, 7) is 6.09. The maximum atomic E-state index is 12.5. The number of halogens is 2. The molecule has 0 aromatic carbocycles. The molecule has 3 heterocycles. The number of nitrogens with one attached hydrogen (secondary N) is 1. The number of morpholine rings is 1. The summed E-state index contributed by atoms with van der Waals surface area (Å²) in [5, 5.41) is 7.58. The number of carbonyl (C=O) groups is 1. The number of hydrogen-bond donors (Lipinski definition) is 1. The van der Waals surface area contributed by atoms with Crippen LogP contribution in [0.15, 0.2) is 12.4 Å². The number of aromatic nitrogens is 2. The molecule has 2 atom stereocenters. The summed E-state index contributed by atoms with van der Waals surface area (Å²) >= 11 is 0. The van der Waals surface area contributed by atoms with Crippen molar-refractivity contribution in [3.63, 3.8) is 0 Å². The van der Waals surface area contributed by atoms with E-state index in [9.17, 15) is 4.79 Å². The van der Waals surface area contributed by atoms with Crippen LogP contribution in [-0.2, 0) is 22.2 Å². The van der Waals surface area contributed by atoms with E-state index in [4.69, 9.17) is 4.74 Å². The van der Waals surface area contributed by atoms with Gasteiger partial charge in [-0.2, -0.15) is 5.10 Å². The maximum absolute atomic E-state index is 12.5. The van der Waals surface area contributed by atoms with Gasteiger partial charge in [-0.05, 0) is 38.8 Å². The highest BCUT2D eigenvalue weighted by Crippen LogP contribution is 2.29. The van der Waals surface area contributed by atoms with Gasteiger partial charge in [0, 0.05) is 31.8 Å². The van der Waals surface area contributed by atoms with Gasteiger partial charge in [-0.25, -0.2) is 0 Å². The molecule has 138 valence electrons. The molecule has 2 aliphatic heterocycles. The summed E-state index contributed by atoms with van der Waals surface area (Å²) in [6.07, 6.45) is 6.64. The van der Waals surface area contributed by atoms with Gasteiger partial charge in [0.15, 0.2) is 0 Å². The van der Waals surface area contributed by atoms with E-state index in [1.54, 1.807) is 4.68 Å². The van der Waals surface area contributed by atoms with Gasteiger partial charge in [0.2, 0.25) is 5.91 Å². The monoisotopic (exact) mass is 378 g/mol. The van der Waals surface area contributed by atoms with Gasteiger partial charge in [-0.1, -0.05) is 0 Å². The number of hydrogen-bond acceptors (Lipinski definition) is 4. The molecule has 0 spiro atoms. The lowest BCUT2D eigenvalue weighted by Crippen LogP contribution is -2.50. The first-order valence-corrected chi connectivity index (χ1v) is 8.18. The Hall–Kier alpha value is -0.820. The van der Waals surface area contributed by atoms with Gasteiger partial charge in [-0.3, -0.25) is 9.48 Å². The number of amides is 1. The zero-order valence-electron chi connectivity index (χ0n) is 14.4. The van der Waals surface area contributed by atoms with E-state index >= 15 is 0 Å². The van der Waals surface area contributed by atoms with Crippen molar-refractivity contribution in [2.24, 2.45) is 13.0 Å². The van der Waals surface area contributed by atoms with Crippen molar-refractivity contribution in [2.45, 2.75) is 31.8 Å². The lowest BCUT2D eigenvalue weighted by atomic mass is 9.96. The predicted molar refractivity (Wildman–Crippen MR) is 97.8 cm³/mol. The Bertz CT molecular complexity index is 534. The summed E-state index contributed by atoms with van der Waals surface area (Å²) in [4.78, 5) is 14.5. The van der Waals surface area contributed by atoms with E-state index in [1.165, 1.54) is 6.42 Å². The quantitative estimate of drug-likeness (QED) is 0.866. The van der Waals surface area contributed by atoms with Crippen LogP contribution in [0, 0.1) is 5.92 Å². The molecule has 0 radical (unpaired) electrons. The van der Waals surface area contributed by atoms with Gasteiger partial charge in [0.05, 0.1) is 19.3 Å².